The minimum absolute atomic E-state index is 0. The van der Waals surface area contributed by atoms with Crippen molar-refractivity contribution >= 4 is 42.1 Å². The molecule has 1 fully saturated rings. The summed E-state index contributed by atoms with van der Waals surface area (Å²) in [5.74, 6) is 2.27. The summed E-state index contributed by atoms with van der Waals surface area (Å²) in [5.41, 5.74) is 0.765. The van der Waals surface area contributed by atoms with Gasteiger partial charge in [0.1, 0.15) is 5.76 Å². The SMILES string of the molecule is CNCCC1CCN(C(=O)Cc2nc(-c3cccs3)oc2C)CC1.Cl.Cl. The van der Waals surface area contributed by atoms with Crippen LogP contribution in [0.25, 0.3) is 10.8 Å². The fourth-order valence-electron chi connectivity index (χ4n) is 3.17. The van der Waals surface area contributed by atoms with Crippen molar-refractivity contribution in [1.29, 1.82) is 0 Å². The van der Waals surface area contributed by atoms with Crippen molar-refractivity contribution < 1.29 is 9.21 Å². The van der Waals surface area contributed by atoms with Gasteiger partial charge >= 0.3 is 0 Å². The van der Waals surface area contributed by atoms with Crippen LogP contribution in [0.3, 0.4) is 0 Å². The first-order chi connectivity index (χ1) is 11.7. The lowest BCUT2D eigenvalue weighted by molar-refractivity contribution is -0.131. The summed E-state index contributed by atoms with van der Waals surface area (Å²) in [6, 6.07) is 3.96. The van der Waals surface area contributed by atoms with Gasteiger partial charge in [0, 0.05) is 13.1 Å². The highest BCUT2D eigenvalue weighted by Crippen LogP contribution is 2.26. The molecule has 0 saturated carbocycles. The van der Waals surface area contributed by atoms with Crippen molar-refractivity contribution in [2.24, 2.45) is 5.92 Å². The second-order valence-electron chi connectivity index (χ2n) is 6.39. The summed E-state index contributed by atoms with van der Waals surface area (Å²) in [4.78, 5) is 20.1. The molecule has 26 heavy (non-hydrogen) atoms. The number of rotatable bonds is 6. The maximum absolute atomic E-state index is 12.6. The highest BCUT2D eigenvalue weighted by Gasteiger charge is 2.24. The van der Waals surface area contributed by atoms with Crippen molar-refractivity contribution in [1.82, 2.24) is 15.2 Å². The molecule has 1 N–H and O–H groups in total. The van der Waals surface area contributed by atoms with E-state index >= 15 is 0 Å². The summed E-state index contributed by atoms with van der Waals surface area (Å²) < 4.78 is 5.73. The molecule has 146 valence electrons. The zero-order valence-electron chi connectivity index (χ0n) is 15.2. The highest BCUT2D eigenvalue weighted by atomic mass is 35.5. The third-order valence-electron chi connectivity index (χ3n) is 4.71. The number of carbonyl (C=O) groups excluding carboxylic acids is 1. The first-order valence-electron chi connectivity index (χ1n) is 8.60. The van der Waals surface area contributed by atoms with Gasteiger partial charge in [0.25, 0.3) is 0 Å². The number of nitrogens with zero attached hydrogens (tertiary/aromatic N) is 2. The van der Waals surface area contributed by atoms with Gasteiger partial charge < -0.3 is 14.6 Å². The molecule has 0 spiro atoms. The Morgan fingerprint density at radius 2 is 2.12 bits per heavy atom. The molecule has 0 unspecified atom stereocenters. The second kappa shape index (κ2) is 10.9. The summed E-state index contributed by atoms with van der Waals surface area (Å²) in [5, 5.41) is 5.20. The first-order valence-corrected chi connectivity index (χ1v) is 9.48. The zero-order valence-corrected chi connectivity index (χ0v) is 17.6. The van der Waals surface area contributed by atoms with E-state index < -0.39 is 0 Å². The lowest BCUT2D eigenvalue weighted by Gasteiger charge is -2.32. The van der Waals surface area contributed by atoms with Gasteiger partial charge in [-0.2, -0.15) is 0 Å². The number of aromatic nitrogens is 1. The number of likely N-dealkylation sites (tertiary alicyclic amines) is 1. The lowest BCUT2D eigenvalue weighted by atomic mass is 9.93. The van der Waals surface area contributed by atoms with Crippen molar-refractivity contribution in [2.75, 3.05) is 26.7 Å². The molecule has 0 bridgehead atoms. The van der Waals surface area contributed by atoms with Gasteiger partial charge in [0.05, 0.1) is 17.0 Å². The molecule has 1 saturated heterocycles. The standard InChI is InChI=1S/C18H25N3O2S.2ClH/c1-13-15(20-18(23-13)16-4-3-11-24-16)12-17(22)21-9-6-14(7-10-21)5-8-19-2;;/h3-4,11,14,19H,5-10,12H2,1-2H3;2*1H. The van der Waals surface area contributed by atoms with Gasteiger partial charge in [-0.3, -0.25) is 4.79 Å². The van der Waals surface area contributed by atoms with E-state index in [-0.39, 0.29) is 30.7 Å². The minimum atomic E-state index is 0. The van der Waals surface area contributed by atoms with Gasteiger partial charge in [-0.05, 0) is 57.1 Å². The van der Waals surface area contributed by atoms with Crippen LogP contribution in [-0.4, -0.2) is 42.5 Å². The molecular formula is C18H27Cl2N3O2S. The molecule has 1 amide bonds. The number of halogens is 2. The normalized spacial score (nSPS) is 14.6. The Morgan fingerprint density at radius 1 is 1.38 bits per heavy atom. The van der Waals surface area contributed by atoms with Crippen molar-refractivity contribution in [3.8, 4) is 10.8 Å². The first kappa shape index (κ1) is 23.0. The van der Waals surface area contributed by atoms with Crippen molar-refractivity contribution in [2.45, 2.75) is 32.6 Å². The van der Waals surface area contributed by atoms with E-state index in [1.165, 1.54) is 6.42 Å². The number of oxazole rings is 1. The summed E-state index contributed by atoms with van der Waals surface area (Å²) in [7, 11) is 1.99. The Morgan fingerprint density at radius 3 is 2.73 bits per heavy atom. The van der Waals surface area contributed by atoms with Gasteiger partial charge in [-0.1, -0.05) is 6.07 Å². The van der Waals surface area contributed by atoms with Gasteiger partial charge in [-0.25, -0.2) is 4.98 Å². The van der Waals surface area contributed by atoms with Crippen LogP contribution in [0.4, 0.5) is 0 Å². The third kappa shape index (κ3) is 5.71. The monoisotopic (exact) mass is 419 g/mol. The fourth-order valence-corrected chi connectivity index (χ4v) is 3.82. The zero-order chi connectivity index (χ0) is 16.9. The molecular weight excluding hydrogens is 393 g/mol. The number of hydrogen-bond acceptors (Lipinski definition) is 5. The number of piperidine rings is 1. The lowest BCUT2D eigenvalue weighted by Crippen LogP contribution is -2.39. The molecule has 2 aromatic heterocycles. The topological polar surface area (TPSA) is 58.4 Å². The minimum Gasteiger partial charge on any atom is -0.440 e. The number of aryl methyl sites for hydroxylation is 1. The predicted molar refractivity (Wildman–Crippen MR) is 111 cm³/mol. The molecule has 0 aromatic carbocycles. The smallest absolute Gasteiger partial charge is 0.236 e. The summed E-state index contributed by atoms with van der Waals surface area (Å²) in [6.45, 7) is 4.67. The summed E-state index contributed by atoms with van der Waals surface area (Å²) in [6.07, 6.45) is 3.74. The molecule has 5 nitrogen and oxygen atoms in total. The molecule has 3 rings (SSSR count). The van der Waals surface area contributed by atoms with Crippen LogP contribution >= 0.6 is 36.2 Å². The average molecular weight is 420 g/mol. The van der Waals surface area contributed by atoms with E-state index in [1.807, 2.05) is 36.4 Å². The van der Waals surface area contributed by atoms with Gasteiger partial charge in [-0.15, -0.1) is 36.2 Å². The molecule has 8 heteroatoms. The Bertz CT molecular complexity index is 668. The van der Waals surface area contributed by atoms with Crippen LogP contribution in [0.15, 0.2) is 21.9 Å². The highest BCUT2D eigenvalue weighted by molar-refractivity contribution is 7.13. The van der Waals surface area contributed by atoms with E-state index in [9.17, 15) is 4.79 Å². The van der Waals surface area contributed by atoms with E-state index in [2.05, 4.69) is 10.3 Å². The Kier molecular flexibility index (Phi) is 9.64. The van der Waals surface area contributed by atoms with E-state index in [1.54, 1.807) is 11.3 Å². The van der Waals surface area contributed by atoms with Crippen LogP contribution in [0.2, 0.25) is 0 Å². The van der Waals surface area contributed by atoms with Gasteiger partial charge in [0.2, 0.25) is 11.8 Å². The van der Waals surface area contributed by atoms with E-state index in [0.717, 1.165) is 54.7 Å². The Balaban J connectivity index is 0.00000169. The third-order valence-corrected chi connectivity index (χ3v) is 5.57. The molecule has 1 aliphatic heterocycles. The number of thiophene rings is 1. The average Bonchev–Trinajstić information content (AvgIpc) is 3.24. The van der Waals surface area contributed by atoms with Crippen LogP contribution in [0.5, 0.6) is 0 Å². The number of amides is 1. The van der Waals surface area contributed by atoms with Crippen molar-refractivity contribution in [3.63, 3.8) is 0 Å². The molecule has 0 atom stereocenters. The fraction of sp³-hybridized carbons (Fsp3) is 0.556. The van der Waals surface area contributed by atoms with Crippen molar-refractivity contribution in [3.05, 3.63) is 29.0 Å². The van der Waals surface area contributed by atoms with Crippen LogP contribution < -0.4 is 5.32 Å². The quantitative estimate of drug-likeness (QED) is 0.769. The summed E-state index contributed by atoms with van der Waals surface area (Å²) >= 11 is 1.59. The van der Waals surface area contributed by atoms with E-state index in [4.69, 9.17) is 4.42 Å². The molecule has 0 radical (unpaired) electrons. The maximum Gasteiger partial charge on any atom is 0.236 e. The molecule has 1 aliphatic rings. The van der Waals surface area contributed by atoms with Gasteiger partial charge in [0.15, 0.2) is 0 Å². The predicted octanol–water partition coefficient (Wildman–Crippen LogP) is 3.95. The maximum atomic E-state index is 12.6. The molecule has 0 aliphatic carbocycles. The Labute approximate surface area is 171 Å². The molecule has 2 aromatic rings. The molecule has 3 heterocycles. The number of carbonyl (C=O) groups is 1. The van der Waals surface area contributed by atoms with Crippen LogP contribution in [0.1, 0.15) is 30.7 Å². The van der Waals surface area contributed by atoms with E-state index in [0.29, 0.717) is 12.3 Å². The van der Waals surface area contributed by atoms with Crippen LogP contribution in [0, 0.1) is 12.8 Å². The van der Waals surface area contributed by atoms with Crippen LogP contribution in [-0.2, 0) is 11.2 Å². The largest absolute Gasteiger partial charge is 0.440 e. The second-order valence-corrected chi connectivity index (χ2v) is 7.34. The number of hydrogen-bond donors (Lipinski definition) is 1. The Hall–Kier alpha value is -1.08. The number of nitrogens with one attached hydrogen (secondary N) is 1.